The fourth-order valence-electron chi connectivity index (χ4n) is 3.02. The van der Waals surface area contributed by atoms with Crippen molar-refractivity contribution in [3.63, 3.8) is 0 Å². The molecule has 1 atom stereocenters. The van der Waals surface area contributed by atoms with Crippen molar-refractivity contribution in [2.75, 3.05) is 18.4 Å². The minimum absolute atomic E-state index is 0.113. The van der Waals surface area contributed by atoms with E-state index >= 15 is 0 Å². The fourth-order valence-corrected chi connectivity index (χ4v) is 3.32. The van der Waals surface area contributed by atoms with Gasteiger partial charge in [0.25, 0.3) is 5.91 Å². The van der Waals surface area contributed by atoms with Crippen molar-refractivity contribution < 1.29 is 9.59 Å². The molecule has 0 bridgehead atoms. The maximum atomic E-state index is 12.7. The van der Waals surface area contributed by atoms with Crippen LogP contribution in [0.2, 0.25) is 10.0 Å². The van der Waals surface area contributed by atoms with Crippen LogP contribution < -0.4 is 5.32 Å². The summed E-state index contributed by atoms with van der Waals surface area (Å²) in [6.07, 6.45) is 3.15. The van der Waals surface area contributed by atoms with Crippen LogP contribution in [0, 0.1) is 12.8 Å². The van der Waals surface area contributed by atoms with Crippen LogP contribution in [0.5, 0.6) is 0 Å². The van der Waals surface area contributed by atoms with Gasteiger partial charge in [0.05, 0.1) is 16.0 Å². The number of piperidine rings is 1. The lowest BCUT2D eigenvalue weighted by Gasteiger charge is -2.32. The first-order valence-electron chi connectivity index (χ1n) is 8.42. The van der Waals surface area contributed by atoms with E-state index in [1.54, 1.807) is 29.3 Å². The van der Waals surface area contributed by atoms with E-state index in [0.717, 1.165) is 18.4 Å². The quantitative estimate of drug-likeness (QED) is 0.852. The average Bonchev–Trinajstić information content (AvgIpc) is 2.65. The lowest BCUT2D eigenvalue weighted by atomic mass is 9.96. The summed E-state index contributed by atoms with van der Waals surface area (Å²) in [6.45, 7) is 2.88. The SMILES string of the molecule is Cc1cccnc1NC(=O)C1CCCN(C(=O)c2ccc(Cl)c(Cl)c2)C1. The number of halogens is 2. The summed E-state index contributed by atoms with van der Waals surface area (Å²) >= 11 is 11.9. The van der Waals surface area contributed by atoms with Gasteiger partial charge in [0.2, 0.25) is 5.91 Å². The number of amides is 2. The molecule has 3 rings (SSSR count). The number of anilines is 1. The Morgan fingerprint density at radius 1 is 1.23 bits per heavy atom. The summed E-state index contributed by atoms with van der Waals surface area (Å²) in [4.78, 5) is 31.2. The van der Waals surface area contributed by atoms with Gasteiger partial charge in [-0.3, -0.25) is 9.59 Å². The molecule has 1 N–H and O–H groups in total. The van der Waals surface area contributed by atoms with Crippen LogP contribution in [0.3, 0.4) is 0 Å². The Morgan fingerprint density at radius 3 is 2.77 bits per heavy atom. The summed E-state index contributed by atoms with van der Waals surface area (Å²) in [6, 6.07) is 8.53. The maximum Gasteiger partial charge on any atom is 0.253 e. The summed E-state index contributed by atoms with van der Waals surface area (Å²) in [7, 11) is 0. The molecule has 1 aliphatic rings. The number of hydrogen-bond donors (Lipinski definition) is 1. The third-order valence-corrected chi connectivity index (χ3v) is 5.24. The Kier molecular flexibility index (Phi) is 5.79. The molecule has 2 aromatic rings. The van der Waals surface area contributed by atoms with Gasteiger partial charge in [-0.25, -0.2) is 4.98 Å². The van der Waals surface area contributed by atoms with Crippen molar-refractivity contribution in [3.05, 3.63) is 57.7 Å². The van der Waals surface area contributed by atoms with Gasteiger partial charge in [0, 0.05) is 24.8 Å². The molecule has 2 amide bonds. The maximum absolute atomic E-state index is 12.7. The van der Waals surface area contributed by atoms with Crippen molar-refractivity contribution in [3.8, 4) is 0 Å². The highest BCUT2D eigenvalue weighted by atomic mass is 35.5. The van der Waals surface area contributed by atoms with Crippen LogP contribution in [0.15, 0.2) is 36.5 Å². The lowest BCUT2D eigenvalue weighted by Crippen LogP contribution is -2.43. The van der Waals surface area contributed by atoms with Gasteiger partial charge in [-0.2, -0.15) is 0 Å². The molecule has 1 fully saturated rings. The van der Waals surface area contributed by atoms with Gasteiger partial charge >= 0.3 is 0 Å². The number of benzene rings is 1. The molecule has 1 saturated heterocycles. The predicted molar refractivity (Wildman–Crippen MR) is 103 cm³/mol. The molecule has 7 heteroatoms. The van der Waals surface area contributed by atoms with Crippen molar-refractivity contribution in [1.29, 1.82) is 0 Å². The number of carbonyl (C=O) groups excluding carboxylic acids is 2. The number of nitrogens with zero attached hydrogens (tertiary/aromatic N) is 2. The third-order valence-electron chi connectivity index (χ3n) is 4.50. The number of carbonyl (C=O) groups is 2. The van der Waals surface area contributed by atoms with Gasteiger partial charge in [-0.1, -0.05) is 29.3 Å². The van der Waals surface area contributed by atoms with E-state index in [1.165, 1.54) is 0 Å². The molecule has 2 heterocycles. The van der Waals surface area contributed by atoms with Crippen LogP contribution in [-0.2, 0) is 4.79 Å². The predicted octanol–water partition coefficient (Wildman–Crippen LogP) is 4.19. The molecule has 1 aromatic heterocycles. The molecule has 136 valence electrons. The van der Waals surface area contributed by atoms with Crippen LogP contribution in [0.4, 0.5) is 5.82 Å². The average molecular weight is 392 g/mol. The Labute approximate surface area is 162 Å². The standard InChI is InChI=1S/C19H19Cl2N3O2/c1-12-4-2-8-22-17(12)23-18(25)14-5-3-9-24(11-14)19(26)13-6-7-15(20)16(21)10-13/h2,4,6-8,10,14H,3,5,9,11H2,1H3,(H,22,23,25). The van der Waals surface area contributed by atoms with Crippen LogP contribution >= 0.6 is 23.2 Å². The monoisotopic (exact) mass is 391 g/mol. The van der Waals surface area contributed by atoms with Crippen molar-refractivity contribution in [1.82, 2.24) is 9.88 Å². The number of aromatic nitrogens is 1. The Hall–Kier alpha value is -2.11. The van der Waals surface area contributed by atoms with Gasteiger partial charge in [-0.15, -0.1) is 0 Å². The molecule has 5 nitrogen and oxygen atoms in total. The van der Waals surface area contributed by atoms with E-state index < -0.39 is 0 Å². The minimum Gasteiger partial charge on any atom is -0.338 e. The Bertz CT molecular complexity index is 841. The number of rotatable bonds is 3. The van der Waals surface area contributed by atoms with Crippen molar-refractivity contribution in [2.24, 2.45) is 5.92 Å². The Morgan fingerprint density at radius 2 is 2.04 bits per heavy atom. The van der Waals surface area contributed by atoms with Crippen LogP contribution in [-0.4, -0.2) is 34.8 Å². The highest BCUT2D eigenvalue weighted by molar-refractivity contribution is 6.42. The van der Waals surface area contributed by atoms with Crippen molar-refractivity contribution in [2.45, 2.75) is 19.8 Å². The second-order valence-corrected chi connectivity index (χ2v) is 7.19. The molecular weight excluding hydrogens is 373 g/mol. The zero-order valence-corrected chi connectivity index (χ0v) is 15.8. The first-order valence-corrected chi connectivity index (χ1v) is 9.18. The number of likely N-dealkylation sites (tertiary alicyclic amines) is 1. The smallest absolute Gasteiger partial charge is 0.253 e. The summed E-state index contributed by atoms with van der Waals surface area (Å²) < 4.78 is 0. The highest BCUT2D eigenvalue weighted by Gasteiger charge is 2.29. The van der Waals surface area contributed by atoms with Crippen molar-refractivity contribution >= 4 is 40.8 Å². The summed E-state index contributed by atoms with van der Waals surface area (Å²) in [5.74, 6) is 0.0378. The van der Waals surface area contributed by atoms with E-state index in [9.17, 15) is 9.59 Å². The van der Waals surface area contributed by atoms with Gasteiger partial charge in [0.1, 0.15) is 5.82 Å². The normalized spacial score (nSPS) is 17.0. The second kappa shape index (κ2) is 8.06. The summed E-state index contributed by atoms with van der Waals surface area (Å²) in [5, 5.41) is 3.62. The number of pyridine rings is 1. The molecular formula is C19H19Cl2N3O2. The molecule has 1 unspecified atom stereocenters. The van der Waals surface area contributed by atoms with Crippen LogP contribution in [0.25, 0.3) is 0 Å². The van der Waals surface area contributed by atoms with Gasteiger partial charge in [-0.05, 0) is 49.6 Å². The third kappa shape index (κ3) is 4.17. The molecule has 0 radical (unpaired) electrons. The van der Waals surface area contributed by atoms with E-state index in [0.29, 0.717) is 34.5 Å². The van der Waals surface area contributed by atoms with Crippen LogP contribution in [0.1, 0.15) is 28.8 Å². The van der Waals surface area contributed by atoms with Gasteiger partial charge in [0.15, 0.2) is 0 Å². The molecule has 1 aliphatic heterocycles. The molecule has 26 heavy (non-hydrogen) atoms. The lowest BCUT2D eigenvalue weighted by molar-refractivity contribution is -0.121. The van der Waals surface area contributed by atoms with E-state index in [-0.39, 0.29) is 17.7 Å². The Balaban J connectivity index is 1.68. The van der Waals surface area contributed by atoms with E-state index in [1.807, 2.05) is 19.1 Å². The number of nitrogens with one attached hydrogen (secondary N) is 1. The number of hydrogen-bond acceptors (Lipinski definition) is 3. The first kappa shape index (κ1) is 18.7. The zero-order chi connectivity index (χ0) is 18.7. The first-order chi connectivity index (χ1) is 12.5. The molecule has 0 spiro atoms. The largest absolute Gasteiger partial charge is 0.338 e. The minimum atomic E-state index is -0.267. The number of aryl methyl sites for hydroxylation is 1. The molecule has 0 saturated carbocycles. The molecule has 1 aromatic carbocycles. The molecule has 0 aliphatic carbocycles. The highest BCUT2D eigenvalue weighted by Crippen LogP contribution is 2.25. The summed E-state index contributed by atoms with van der Waals surface area (Å²) in [5.41, 5.74) is 1.38. The second-order valence-electron chi connectivity index (χ2n) is 6.38. The fraction of sp³-hybridized carbons (Fsp3) is 0.316. The topological polar surface area (TPSA) is 62.3 Å². The van der Waals surface area contributed by atoms with E-state index in [4.69, 9.17) is 23.2 Å². The van der Waals surface area contributed by atoms with E-state index in [2.05, 4.69) is 10.3 Å². The van der Waals surface area contributed by atoms with Gasteiger partial charge < -0.3 is 10.2 Å². The zero-order valence-electron chi connectivity index (χ0n) is 14.3.